The summed E-state index contributed by atoms with van der Waals surface area (Å²) >= 11 is 0. The number of carbonyl (C=O) groups is 2. The lowest BCUT2D eigenvalue weighted by molar-refractivity contribution is -0.135. The number of fused-ring (bicyclic) bond motifs is 2. The van der Waals surface area contributed by atoms with E-state index in [1.807, 2.05) is 17.9 Å². The molecule has 0 aromatic carbocycles. The second kappa shape index (κ2) is 7.41. The Balaban J connectivity index is 1.72. The zero-order valence-electron chi connectivity index (χ0n) is 16.5. The Hall–Kier alpha value is -2.64. The number of carbonyl (C=O) groups excluding carboxylic acids is 2. The third-order valence-corrected chi connectivity index (χ3v) is 5.87. The summed E-state index contributed by atoms with van der Waals surface area (Å²) in [6.45, 7) is 5.18. The molecule has 0 radical (unpaired) electrons. The van der Waals surface area contributed by atoms with Crippen LogP contribution in [0.3, 0.4) is 0 Å². The number of rotatable bonds is 3. The Morgan fingerprint density at radius 2 is 2.11 bits per heavy atom. The first kappa shape index (κ1) is 18.7. The number of nitrogens with zero attached hydrogens (tertiary/aromatic N) is 4. The molecule has 1 fully saturated rings. The van der Waals surface area contributed by atoms with Crippen molar-refractivity contribution in [3.05, 3.63) is 33.4 Å². The van der Waals surface area contributed by atoms with Crippen molar-refractivity contribution in [2.45, 2.75) is 65.0 Å². The van der Waals surface area contributed by atoms with Gasteiger partial charge in [-0.1, -0.05) is 6.92 Å². The van der Waals surface area contributed by atoms with Crippen molar-refractivity contribution in [1.82, 2.24) is 24.4 Å². The van der Waals surface area contributed by atoms with Gasteiger partial charge in [-0.2, -0.15) is 0 Å². The van der Waals surface area contributed by atoms with Crippen molar-refractivity contribution in [3.8, 4) is 0 Å². The average molecular weight is 385 g/mol. The fourth-order valence-electron chi connectivity index (χ4n) is 4.35. The largest absolute Gasteiger partial charge is 0.338 e. The van der Waals surface area contributed by atoms with Crippen LogP contribution in [0.1, 0.15) is 68.9 Å². The minimum absolute atomic E-state index is 0.0328. The molecule has 4 heterocycles. The summed E-state index contributed by atoms with van der Waals surface area (Å²) in [5, 5.41) is 3.20. The topological polar surface area (TPSA) is 90.8 Å². The van der Waals surface area contributed by atoms with Crippen LogP contribution in [0.25, 0.3) is 5.65 Å². The lowest BCUT2D eigenvalue weighted by Gasteiger charge is -2.35. The van der Waals surface area contributed by atoms with Crippen LogP contribution in [0.5, 0.6) is 0 Å². The van der Waals surface area contributed by atoms with Crippen molar-refractivity contribution in [2.75, 3.05) is 13.1 Å². The summed E-state index contributed by atoms with van der Waals surface area (Å²) in [6, 6.07) is 1.86. The van der Waals surface area contributed by atoms with Gasteiger partial charge >= 0.3 is 0 Å². The van der Waals surface area contributed by atoms with Gasteiger partial charge in [0.2, 0.25) is 11.8 Å². The van der Waals surface area contributed by atoms with Crippen LogP contribution < -0.4 is 5.56 Å². The molecule has 1 atom stereocenters. The minimum Gasteiger partial charge on any atom is -0.338 e. The number of aromatic amines is 1. The van der Waals surface area contributed by atoms with E-state index >= 15 is 0 Å². The van der Waals surface area contributed by atoms with Gasteiger partial charge in [0.1, 0.15) is 0 Å². The first-order valence-electron chi connectivity index (χ1n) is 10.2. The summed E-state index contributed by atoms with van der Waals surface area (Å²) in [5.41, 5.74) is 2.65. The number of hydrogen-bond acceptors (Lipinski definition) is 4. The van der Waals surface area contributed by atoms with Gasteiger partial charge in [0, 0.05) is 38.9 Å². The summed E-state index contributed by atoms with van der Waals surface area (Å²) in [5.74, 6) is 0.136. The Labute approximate surface area is 163 Å². The second-order valence-electron chi connectivity index (χ2n) is 7.79. The van der Waals surface area contributed by atoms with E-state index in [4.69, 9.17) is 0 Å². The number of H-pyrrole nitrogens is 1. The molecule has 2 aliphatic heterocycles. The van der Waals surface area contributed by atoms with Gasteiger partial charge in [-0.05, 0) is 25.7 Å². The van der Waals surface area contributed by atoms with Crippen LogP contribution >= 0.6 is 0 Å². The van der Waals surface area contributed by atoms with Gasteiger partial charge in [0.25, 0.3) is 5.56 Å². The quantitative estimate of drug-likeness (QED) is 0.872. The van der Waals surface area contributed by atoms with Crippen molar-refractivity contribution in [2.24, 2.45) is 0 Å². The fraction of sp³-hybridized carbons (Fsp3) is 0.600. The molecule has 1 N–H and O–H groups in total. The molecule has 0 spiro atoms. The molecule has 2 amide bonds. The molecule has 0 aliphatic carbocycles. The van der Waals surface area contributed by atoms with E-state index in [2.05, 4.69) is 10.1 Å². The predicted molar refractivity (Wildman–Crippen MR) is 104 cm³/mol. The standard InChI is InChI=1S/C20H27N5O3/c1-3-6-19(27)24-9-5-4-7-17(24)16-11-18-21-15-8-10-23(13(2)26)12-14(15)20(28)25(18)22-16/h11,17,22H,3-10,12H2,1-2H3. The molecule has 1 unspecified atom stereocenters. The monoisotopic (exact) mass is 385 g/mol. The van der Waals surface area contributed by atoms with Gasteiger partial charge < -0.3 is 9.80 Å². The first-order chi connectivity index (χ1) is 13.5. The molecular formula is C20H27N5O3. The molecule has 2 aromatic heterocycles. The van der Waals surface area contributed by atoms with E-state index in [0.717, 1.165) is 43.6 Å². The molecule has 0 saturated carbocycles. The van der Waals surface area contributed by atoms with Crippen LogP contribution in [0.15, 0.2) is 10.9 Å². The van der Waals surface area contributed by atoms with Crippen molar-refractivity contribution in [1.29, 1.82) is 0 Å². The summed E-state index contributed by atoms with van der Waals surface area (Å²) in [7, 11) is 0. The Morgan fingerprint density at radius 1 is 1.29 bits per heavy atom. The van der Waals surface area contributed by atoms with E-state index in [-0.39, 0.29) is 23.4 Å². The third-order valence-electron chi connectivity index (χ3n) is 5.87. The zero-order chi connectivity index (χ0) is 19.8. The smallest absolute Gasteiger partial charge is 0.277 e. The zero-order valence-corrected chi connectivity index (χ0v) is 16.5. The number of hydrogen-bond donors (Lipinski definition) is 1. The van der Waals surface area contributed by atoms with Gasteiger partial charge in [-0.15, -0.1) is 0 Å². The number of nitrogens with one attached hydrogen (secondary N) is 1. The first-order valence-corrected chi connectivity index (χ1v) is 10.2. The molecule has 4 rings (SSSR count). The molecule has 0 bridgehead atoms. The molecule has 1 saturated heterocycles. The highest BCUT2D eigenvalue weighted by Crippen LogP contribution is 2.31. The number of piperidine rings is 1. The van der Waals surface area contributed by atoms with Crippen LogP contribution in [-0.2, 0) is 22.6 Å². The van der Waals surface area contributed by atoms with Crippen LogP contribution in [0.4, 0.5) is 0 Å². The number of amides is 2. The van der Waals surface area contributed by atoms with Crippen molar-refractivity contribution < 1.29 is 9.59 Å². The summed E-state index contributed by atoms with van der Waals surface area (Å²) in [4.78, 5) is 45.6. The minimum atomic E-state index is -0.153. The maximum Gasteiger partial charge on any atom is 0.277 e. The normalized spacial score (nSPS) is 19.7. The predicted octanol–water partition coefficient (Wildman–Crippen LogP) is 1.78. The molecule has 8 nitrogen and oxygen atoms in total. The third kappa shape index (κ3) is 3.21. The number of aromatic nitrogens is 3. The molecule has 2 aromatic rings. The van der Waals surface area contributed by atoms with Gasteiger partial charge in [0.05, 0.1) is 29.5 Å². The summed E-state index contributed by atoms with van der Waals surface area (Å²) < 4.78 is 1.47. The highest BCUT2D eigenvalue weighted by atomic mass is 16.2. The molecule has 2 aliphatic rings. The van der Waals surface area contributed by atoms with Gasteiger partial charge in [-0.25, -0.2) is 9.50 Å². The van der Waals surface area contributed by atoms with Crippen LogP contribution in [-0.4, -0.2) is 49.3 Å². The SMILES string of the molecule is CCCC(=O)N1CCCCC1c1cc2nc3c(c(=O)n2[nH]1)CN(C(C)=O)CC3. The lowest BCUT2D eigenvalue weighted by Crippen LogP contribution is -2.39. The average Bonchev–Trinajstić information content (AvgIpc) is 3.12. The maximum atomic E-state index is 13.0. The van der Waals surface area contributed by atoms with E-state index in [1.165, 1.54) is 11.4 Å². The lowest BCUT2D eigenvalue weighted by atomic mass is 9.98. The van der Waals surface area contributed by atoms with E-state index in [9.17, 15) is 14.4 Å². The van der Waals surface area contributed by atoms with Crippen LogP contribution in [0.2, 0.25) is 0 Å². The molecule has 8 heteroatoms. The Morgan fingerprint density at radius 3 is 2.86 bits per heavy atom. The Kier molecular flexibility index (Phi) is 4.95. The Bertz CT molecular complexity index is 976. The van der Waals surface area contributed by atoms with Gasteiger partial charge in [0.15, 0.2) is 5.65 Å². The summed E-state index contributed by atoms with van der Waals surface area (Å²) in [6.07, 6.45) is 4.92. The molecular weight excluding hydrogens is 358 g/mol. The second-order valence-corrected chi connectivity index (χ2v) is 7.79. The van der Waals surface area contributed by atoms with Crippen molar-refractivity contribution in [3.63, 3.8) is 0 Å². The number of likely N-dealkylation sites (tertiary alicyclic amines) is 1. The van der Waals surface area contributed by atoms with Crippen molar-refractivity contribution >= 4 is 17.5 Å². The van der Waals surface area contributed by atoms with E-state index in [0.29, 0.717) is 37.1 Å². The fourth-order valence-corrected chi connectivity index (χ4v) is 4.35. The highest BCUT2D eigenvalue weighted by Gasteiger charge is 2.30. The molecule has 150 valence electrons. The van der Waals surface area contributed by atoms with Gasteiger partial charge in [-0.3, -0.25) is 19.5 Å². The molecule has 28 heavy (non-hydrogen) atoms. The maximum absolute atomic E-state index is 13.0. The van der Waals surface area contributed by atoms with E-state index < -0.39 is 0 Å². The highest BCUT2D eigenvalue weighted by molar-refractivity contribution is 5.76. The van der Waals surface area contributed by atoms with E-state index in [1.54, 1.807) is 4.90 Å². The van der Waals surface area contributed by atoms with Crippen LogP contribution in [0, 0.1) is 0 Å².